The zero-order valence-electron chi connectivity index (χ0n) is 11.1. The second-order valence-corrected chi connectivity index (χ2v) is 6.94. The van der Waals surface area contributed by atoms with Crippen molar-refractivity contribution in [1.82, 2.24) is 0 Å². The van der Waals surface area contributed by atoms with Gasteiger partial charge in [0.1, 0.15) is 0 Å². The first-order valence-corrected chi connectivity index (χ1v) is 8.27. The Bertz CT molecular complexity index is 765. The lowest BCUT2D eigenvalue weighted by Gasteiger charge is -2.08. The summed E-state index contributed by atoms with van der Waals surface area (Å²) in [6, 6.07) is 14.9. The zero-order valence-corrected chi connectivity index (χ0v) is 12.7. The molecule has 21 heavy (non-hydrogen) atoms. The van der Waals surface area contributed by atoms with E-state index in [4.69, 9.17) is 16.9 Å². The van der Waals surface area contributed by atoms with E-state index >= 15 is 0 Å². The summed E-state index contributed by atoms with van der Waals surface area (Å²) in [7, 11) is -3.37. The molecule has 2 aromatic rings. The van der Waals surface area contributed by atoms with E-state index in [0.29, 0.717) is 10.6 Å². The molecule has 108 valence electrons. The van der Waals surface area contributed by atoms with E-state index in [1.165, 1.54) is 24.3 Å². The predicted octanol–water partition coefficient (Wildman–Crippen LogP) is 3.10. The highest BCUT2D eigenvalue weighted by Crippen LogP contribution is 2.16. The Morgan fingerprint density at radius 3 is 2.48 bits per heavy atom. The third-order valence-electron chi connectivity index (χ3n) is 2.87. The molecule has 1 N–H and O–H groups in total. The fourth-order valence-electron chi connectivity index (χ4n) is 1.78. The first kappa shape index (κ1) is 15.4. The van der Waals surface area contributed by atoms with Crippen molar-refractivity contribution >= 4 is 27.1 Å². The number of anilines is 1. The van der Waals surface area contributed by atoms with Crippen molar-refractivity contribution in [3.05, 3.63) is 59.1 Å². The van der Waals surface area contributed by atoms with Crippen LogP contribution in [0.1, 0.15) is 5.56 Å². The minimum atomic E-state index is -3.37. The molecule has 0 fully saturated rings. The largest absolute Gasteiger partial charge is 0.384 e. The predicted molar refractivity (Wildman–Crippen MR) is 83.2 cm³/mol. The van der Waals surface area contributed by atoms with Gasteiger partial charge in [0.25, 0.3) is 0 Å². The van der Waals surface area contributed by atoms with Gasteiger partial charge in [-0.15, -0.1) is 0 Å². The SMILES string of the molecule is N#Cc1ccc(S(=O)(=O)CCNc2cccc(Cl)c2)cc1. The van der Waals surface area contributed by atoms with Gasteiger partial charge in [-0.25, -0.2) is 8.42 Å². The van der Waals surface area contributed by atoms with Gasteiger partial charge in [-0.2, -0.15) is 5.26 Å². The molecular weight excluding hydrogens is 308 g/mol. The third-order valence-corrected chi connectivity index (χ3v) is 4.83. The Kier molecular flexibility index (Phi) is 4.84. The van der Waals surface area contributed by atoms with E-state index in [9.17, 15) is 8.42 Å². The molecule has 0 spiro atoms. The second kappa shape index (κ2) is 6.61. The Morgan fingerprint density at radius 1 is 1.14 bits per heavy atom. The second-order valence-electron chi connectivity index (χ2n) is 4.39. The molecule has 0 aliphatic carbocycles. The van der Waals surface area contributed by atoms with Crippen LogP contribution in [-0.4, -0.2) is 20.7 Å². The highest BCUT2D eigenvalue weighted by molar-refractivity contribution is 7.91. The molecule has 0 bridgehead atoms. The van der Waals surface area contributed by atoms with Crippen molar-refractivity contribution in [1.29, 1.82) is 5.26 Å². The van der Waals surface area contributed by atoms with Crippen molar-refractivity contribution in [2.24, 2.45) is 0 Å². The van der Waals surface area contributed by atoms with Gasteiger partial charge < -0.3 is 5.32 Å². The molecule has 6 heteroatoms. The molecule has 0 aromatic heterocycles. The molecule has 0 aliphatic rings. The van der Waals surface area contributed by atoms with Gasteiger partial charge in [-0.1, -0.05) is 17.7 Å². The molecular formula is C15H13ClN2O2S. The van der Waals surface area contributed by atoms with Crippen molar-refractivity contribution in [3.8, 4) is 6.07 Å². The smallest absolute Gasteiger partial charge is 0.180 e. The molecule has 0 unspecified atom stereocenters. The van der Waals surface area contributed by atoms with Crippen LogP contribution < -0.4 is 5.32 Å². The van der Waals surface area contributed by atoms with Gasteiger partial charge in [0.15, 0.2) is 9.84 Å². The van der Waals surface area contributed by atoms with Gasteiger partial charge in [-0.3, -0.25) is 0 Å². The monoisotopic (exact) mass is 320 g/mol. The molecule has 0 aliphatic heterocycles. The van der Waals surface area contributed by atoms with Crippen LogP contribution in [0.25, 0.3) is 0 Å². The van der Waals surface area contributed by atoms with Crippen LogP contribution in [0.5, 0.6) is 0 Å². The summed E-state index contributed by atoms with van der Waals surface area (Å²) in [6.07, 6.45) is 0. The Labute approximate surface area is 128 Å². The van der Waals surface area contributed by atoms with Crippen molar-refractivity contribution < 1.29 is 8.42 Å². The van der Waals surface area contributed by atoms with Crippen molar-refractivity contribution in [3.63, 3.8) is 0 Å². The summed E-state index contributed by atoms with van der Waals surface area (Å²) in [6.45, 7) is 0.280. The summed E-state index contributed by atoms with van der Waals surface area (Å²) in [5.41, 5.74) is 1.21. The van der Waals surface area contributed by atoms with Crippen LogP contribution >= 0.6 is 11.6 Å². The summed E-state index contributed by atoms with van der Waals surface area (Å²) < 4.78 is 24.3. The molecule has 0 amide bonds. The van der Waals surface area contributed by atoms with Crippen LogP contribution in [0.4, 0.5) is 5.69 Å². The van der Waals surface area contributed by atoms with Crippen LogP contribution in [0.15, 0.2) is 53.4 Å². The Morgan fingerprint density at radius 2 is 1.86 bits per heavy atom. The van der Waals surface area contributed by atoms with Gasteiger partial charge in [-0.05, 0) is 42.5 Å². The molecule has 0 saturated carbocycles. The zero-order chi connectivity index (χ0) is 15.3. The minimum absolute atomic E-state index is 0.0363. The number of benzene rings is 2. The van der Waals surface area contributed by atoms with E-state index in [1.807, 2.05) is 12.1 Å². The molecule has 0 atom stereocenters. The first-order valence-electron chi connectivity index (χ1n) is 6.24. The van der Waals surface area contributed by atoms with Crippen LogP contribution in [0.2, 0.25) is 5.02 Å². The van der Waals surface area contributed by atoms with E-state index in [2.05, 4.69) is 5.32 Å². The maximum absolute atomic E-state index is 12.1. The lowest BCUT2D eigenvalue weighted by molar-refractivity contribution is 0.596. The van der Waals surface area contributed by atoms with Crippen molar-refractivity contribution in [2.75, 3.05) is 17.6 Å². The highest BCUT2D eigenvalue weighted by atomic mass is 35.5. The lowest BCUT2D eigenvalue weighted by atomic mass is 10.2. The van der Waals surface area contributed by atoms with Gasteiger partial charge >= 0.3 is 0 Å². The lowest BCUT2D eigenvalue weighted by Crippen LogP contribution is -2.15. The van der Waals surface area contributed by atoms with E-state index < -0.39 is 9.84 Å². The maximum atomic E-state index is 12.1. The third kappa shape index (κ3) is 4.22. The number of nitrogens with zero attached hydrogens (tertiary/aromatic N) is 1. The average Bonchev–Trinajstić information content (AvgIpc) is 2.47. The van der Waals surface area contributed by atoms with Crippen LogP contribution in [-0.2, 0) is 9.84 Å². The summed E-state index contributed by atoms with van der Waals surface area (Å²) >= 11 is 5.85. The van der Waals surface area contributed by atoms with Crippen LogP contribution in [0, 0.1) is 11.3 Å². The number of rotatable bonds is 5. The van der Waals surface area contributed by atoms with Gasteiger partial charge in [0, 0.05) is 17.3 Å². The minimum Gasteiger partial charge on any atom is -0.384 e. The molecule has 0 saturated heterocycles. The van der Waals surface area contributed by atoms with Gasteiger partial charge in [0.2, 0.25) is 0 Å². The molecule has 2 aromatic carbocycles. The fourth-order valence-corrected chi connectivity index (χ4v) is 3.13. The molecule has 2 rings (SSSR count). The molecule has 4 nitrogen and oxygen atoms in total. The number of halogens is 1. The van der Waals surface area contributed by atoms with Crippen molar-refractivity contribution in [2.45, 2.75) is 4.90 Å². The van der Waals surface area contributed by atoms with E-state index in [0.717, 1.165) is 5.69 Å². The van der Waals surface area contributed by atoms with Gasteiger partial charge in [0.05, 0.1) is 22.3 Å². The van der Waals surface area contributed by atoms with E-state index in [1.54, 1.807) is 18.2 Å². The highest BCUT2D eigenvalue weighted by Gasteiger charge is 2.13. The molecule has 0 heterocycles. The summed E-state index contributed by atoms with van der Waals surface area (Å²) in [4.78, 5) is 0.217. The number of nitriles is 1. The number of hydrogen-bond acceptors (Lipinski definition) is 4. The van der Waals surface area contributed by atoms with Crippen LogP contribution in [0.3, 0.4) is 0 Å². The number of nitrogens with one attached hydrogen (secondary N) is 1. The summed E-state index contributed by atoms with van der Waals surface area (Å²) in [5, 5.41) is 12.3. The first-order chi connectivity index (χ1) is 10.0. The Balaban J connectivity index is 1.99. The average molecular weight is 321 g/mol. The topological polar surface area (TPSA) is 70.0 Å². The van der Waals surface area contributed by atoms with E-state index in [-0.39, 0.29) is 17.2 Å². The number of sulfone groups is 1. The maximum Gasteiger partial charge on any atom is 0.180 e. The Hall–Kier alpha value is -2.03. The quantitative estimate of drug-likeness (QED) is 0.919. The summed E-state index contributed by atoms with van der Waals surface area (Å²) in [5.74, 6) is -0.0363. The number of hydrogen-bond donors (Lipinski definition) is 1. The molecule has 0 radical (unpaired) electrons. The fraction of sp³-hybridized carbons (Fsp3) is 0.133. The normalized spacial score (nSPS) is 10.9. The standard InChI is InChI=1S/C15H13ClN2O2S/c16-13-2-1-3-14(10-13)18-8-9-21(19,20)15-6-4-12(11-17)5-7-15/h1-7,10,18H,8-9H2.